The summed E-state index contributed by atoms with van der Waals surface area (Å²) in [6, 6.07) is 6.59. The zero-order valence-electron chi connectivity index (χ0n) is 13.1. The Bertz CT molecular complexity index is 577. The fourth-order valence-corrected chi connectivity index (χ4v) is 2.66. The van der Waals surface area contributed by atoms with E-state index in [1.54, 1.807) is 24.3 Å². The van der Waals surface area contributed by atoms with E-state index in [-0.39, 0.29) is 29.3 Å². The molecule has 0 unspecified atom stereocenters. The summed E-state index contributed by atoms with van der Waals surface area (Å²) in [4.78, 5) is 11.9. The zero-order valence-corrected chi connectivity index (χ0v) is 13.9. The molecule has 0 spiro atoms. The first-order valence-corrected chi connectivity index (χ1v) is 8.52. The Morgan fingerprint density at radius 2 is 1.76 bits per heavy atom. The Hall–Kier alpha value is -1.40. The lowest BCUT2D eigenvalue weighted by Gasteiger charge is -2.24. The first-order valence-electron chi connectivity index (χ1n) is 7.03. The van der Waals surface area contributed by atoms with Gasteiger partial charge in [-0.1, -0.05) is 24.6 Å². The van der Waals surface area contributed by atoms with Gasteiger partial charge < -0.3 is 5.32 Å². The summed E-state index contributed by atoms with van der Waals surface area (Å²) in [6.45, 7) is 7.83. The Morgan fingerprint density at radius 1 is 1.19 bits per heavy atom. The first kappa shape index (κ1) is 17.7. The van der Waals surface area contributed by atoms with Crippen molar-refractivity contribution in [2.24, 2.45) is 0 Å². The van der Waals surface area contributed by atoms with Crippen LogP contribution in [0.2, 0.25) is 0 Å². The highest BCUT2D eigenvalue weighted by Crippen LogP contribution is 2.10. The van der Waals surface area contributed by atoms with Crippen molar-refractivity contribution in [2.75, 3.05) is 6.54 Å². The van der Waals surface area contributed by atoms with Gasteiger partial charge in [-0.05, 0) is 39.3 Å². The molecule has 5 nitrogen and oxygen atoms in total. The van der Waals surface area contributed by atoms with E-state index in [9.17, 15) is 13.2 Å². The lowest BCUT2D eigenvalue weighted by molar-refractivity contribution is -0.122. The van der Waals surface area contributed by atoms with E-state index in [2.05, 4.69) is 10.0 Å². The Kier molecular flexibility index (Phi) is 5.92. The van der Waals surface area contributed by atoms with Gasteiger partial charge in [0.05, 0.1) is 4.90 Å². The molecule has 0 saturated heterocycles. The van der Waals surface area contributed by atoms with Crippen molar-refractivity contribution in [3.05, 3.63) is 29.8 Å². The predicted molar refractivity (Wildman–Crippen MR) is 83.5 cm³/mol. The van der Waals surface area contributed by atoms with Crippen LogP contribution in [-0.4, -0.2) is 26.4 Å². The van der Waals surface area contributed by atoms with Gasteiger partial charge in [-0.3, -0.25) is 4.79 Å². The largest absolute Gasteiger partial charge is 0.351 e. The fraction of sp³-hybridized carbons (Fsp3) is 0.533. The van der Waals surface area contributed by atoms with Crippen molar-refractivity contribution in [3.63, 3.8) is 0 Å². The Balaban J connectivity index is 2.51. The second-order valence-corrected chi connectivity index (χ2v) is 7.51. The summed E-state index contributed by atoms with van der Waals surface area (Å²) in [6.07, 6.45) is 0.933. The number of carbonyl (C=O) groups is 1. The van der Waals surface area contributed by atoms with E-state index < -0.39 is 10.0 Å². The number of rotatable bonds is 7. The van der Waals surface area contributed by atoms with E-state index in [0.717, 1.165) is 12.0 Å². The van der Waals surface area contributed by atoms with Crippen molar-refractivity contribution < 1.29 is 13.2 Å². The highest BCUT2D eigenvalue weighted by atomic mass is 32.2. The maximum atomic E-state index is 12.0. The molecule has 0 aliphatic carbocycles. The first-order chi connectivity index (χ1) is 9.66. The standard InChI is InChI=1S/C15H24N2O3S/c1-5-15(3,4)17-14(18)10-11-16-21(19,20)13-8-6-12(2)7-9-13/h6-9,16H,5,10-11H2,1-4H3,(H,17,18). The third kappa shape index (κ3) is 5.85. The van der Waals surface area contributed by atoms with Crippen LogP contribution in [-0.2, 0) is 14.8 Å². The number of hydrogen-bond acceptors (Lipinski definition) is 3. The van der Waals surface area contributed by atoms with E-state index >= 15 is 0 Å². The molecule has 0 aromatic heterocycles. The minimum absolute atomic E-state index is 0.0852. The summed E-state index contributed by atoms with van der Waals surface area (Å²) < 4.78 is 26.5. The molecule has 0 atom stereocenters. The highest BCUT2D eigenvalue weighted by molar-refractivity contribution is 7.89. The second-order valence-electron chi connectivity index (χ2n) is 5.75. The molecule has 21 heavy (non-hydrogen) atoms. The van der Waals surface area contributed by atoms with Crippen LogP contribution < -0.4 is 10.0 Å². The molecule has 1 rings (SSSR count). The molecule has 0 fully saturated rings. The molecule has 0 heterocycles. The van der Waals surface area contributed by atoms with Crippen LogP contribution >= 0.6 is 0 Å². The lowest BCUT2D eigenvalue weighted by atomic mass is 10.0. The SMILES string of the molecule is CCC(C)(C)NC(=O)CCNS(=O)(=O)c1ccc(C)cc1. The fourth-order valence-electron chi connectivity index (χ4n) is 1.63. The molecule has 0 aliphatic heterocycles. The number of aryl methyl sites for hydroxylation is 1. The van der Waals surface area contributed by atoms with Gasteiger partial charge in [0.15, 0.2) is 0 Å². The molecular formula is C15H24N2O3S. The van der Waals surface area contributed by atoms with Crippen LogP contribution in [0.3, 0.4) is 0 Å². The summed E-state index contributed by atoms with van der Waals surface area (Å²) in [5.41, 5.74) is 0.725. The molecule has 0 aliphatic rings. The molecule has 1 amide bonds. The highest BCUT2D eigenvalue weighted by Gasteiger charge is 2.18. The van der Waals surface area contributed by atoms with E-state index in [0.29, 0.717) is 0 Å². The third-order valence-corrected chi connectivity index (χ3v) is 4.81. The van der Waals surface area contributed by atoms with Gasteiger partial charge in [0.25, 0.3) is 0 Å². The van der Waals surface area contributed by atoms with Gasteiger partial charge in [0, 0.05) is 18.5 Å². The molecule has 6 heteroatoms. The molecule has 1 aromatic rings. The summed E-state index contributed by atoms with van der Waals surface area (Å²) in [5, 5.41) is 2.87. The summed E-state index contributed by atoms with van der Waals surface area (Å²) >= 11 is 0. The second kappa shape index (κ2) is 7.04. The average molecular weight is 312 g/mol. The van der Waals surface area contributed by atoms with Gasteiger partial charge >= 0.3 is 0 Å². The Morgan fingerprint density at radius 3 is 2.29 bits per heavy atom. The van der Waals surface area contributed by atoms with Gasteiger partial charge in [-0.2, -0.15) is 0 Å². The van der Waals surface area contributed by atoms with Crippen LogP contribution in [0.5, 0.6) is 0 Å². The van der Waals surface area contributed by atoms with Gasteiger partial charge in [0.2, 0.25) is 15.9 Å². The molecule has 0 saturated carbocycles. The smallest absolute Gasteiger partial charge is 0.240 e. The lowest BCUT2D eigenvalue weighted by Crippen LogP contribution is -2.43. The number of nitrogens with one attached hydrogen (secondary N) is 2. The number of carbonyl (C=O) groups excluding carboxylic acids is 1. The average Bonchev–Trinajstić information content (AvgIpc) is 2.38. The number of sulfonamides is 1. The molecule has 118 valence electrons. The molecule has 0 radical (unpaired) electrons. The van der Waals surface area contributed by atoms with Crippen molar-refractivity contribution in [2.45, 2.75) is 51.0 Å². The topological polar surface area (TPSA) is 75.3 Å². The minimum atomic E-state index is -3.55. The number of hydrogen-bond donors (Lipinski definition) is 2. The van der Waals surface area contributed by atoms with Gasteiger partial charge in [-0.25, -0.2) is 13.1 Å². The summed E-state index contributed by atoms with van der Waals surface area (Å²) in [7, 11) is -3.55. The number of benzene rings is 1. The Labute approximate surface area is 127 Å². The normalized spacial score (nSPS) is 12.2. The molecular weight excluding hydrogens is 288 g/mol. The quantitative estimate of drug-likeness (QED) is 0.808. The van der Waals surface area contributed by atoms with Crippen molar-refractivity contribution in [1.82, 2.24) is 10.0 Å². The maximum absolute atomic E-state index is 12.0. The van der Waals surface area contributed by atoms with Crippen molar-refractivity contribution >= 4 is 15.9 Å². The van der Waals surface area contributed by atoms with Gasteiger partial charge in [0.1, 0.15) is 0 Å². The van der Waals surface area contributed by atoms with Crippen LogP contribution in [0.15, 0.2) is 29.2 Å². The zero-order chi connectivity index (χ0) is 16.1. The third-order valence-electron chi connectivity index (χ3n) is 3.34. The van der Waals surface area contributed by atoms with E-state index in [1.807, 2.05) is 27.7 Å². The summed E-state index contributed by atoms with van der Waals surface area (Å²) in [5.74, 6) is -0.159. The maximum Gasteiger partial charge on any atom is 0.240 e. The molecule has 2 N–H and O–H groups in total. The number of amides is 1. The minimum Gasteiger partial charge on any atom is -0.351 e. The van der Waals surface area contributed by atoms with Crippen LogP contribution in [0.4, 0.5) is 0 Å². The van der Waals surface area contributed by atoms with Crippen LogP contribution in [0.25, 0.3) is 0 Å². The van der Waals surface area contributed by atoms with E-state index in [4.69, 9.17) is 0 Å². The monoisotopic (exact) mass is 312 g/mol. The molecule has 0 bridgehead atoms. The predicted octanol–water partition coefficient (Wildman–Crippen LogP) is 1.97. The van der Waals surface area contributed by atoms with Crippen molar-refractivity contribution in [3.8, 4) is 0 Å². The van der Waals surface area contributed by atoms with Gasteiger partial charge in [-0.15, -0.1) is 0 Å². The molecule has 1 aromatic carbocycles. The van der Waals surface area contributed by atoms with E-state index in [1.165, 1.54) is 0 Å². The van der Waals surface area contributed by atoms with Crippen molar-refractivity contribution in [1.29, 1.82) is 0 Å². The van der Waals surface area contributed by atoms with Crippen LogP contribution in [0.1, 0.15) is 39.2 Å². The van der Waals surface area contributed by atoms with Crippen LogP contribution in [0, 0.1) is 6.92 Å².